The maximum atomic E-state index is 12.9. The number of rotatable bonds is 4. The standard InChI is InChI=1S/C16H12ClF3N4O/c17-12-8-11(16(18,19)20)9-24-13(22-23-14(12)24)6-7-21-15(25)10-4-2-1-3-5-10/h1-5,8-9H,6-7H2,(H,21,25). The van der Waals surface area contributed by atoms with Crippen molar-refractivity contribution in [2.24, 2.45) is 0 Å². The number of aromatic nitrogens is 3. The van der Waals surface area contributed by atoms with E-state index in [0.29, 0.717) is 5.56 Å². The van der Waals surface area contributed by atoms with Gasteiger partial charge in [0, 0.05) is 24.7 Å². The molecule has 5 nitrogen and oxygen atoms in total. The number of carbonyl (C=O) groups is 1. The second kappa shape index (κ2) is 6.72. The number of halogens is 4. The van der Waals surface area contributed by atoms with E-state index in [1.165, 1.54) is 4.40 Å². The van der Waals surface area contributed by atoms with Gasteiger partial charge in [-0.1, -0.05) is 29.8 Å². The molecule has 0 spiro atoms. The van der Waals surface area contributed by atoms with Crippen molar-refractivity contribution in [2.75, 3.05) is 6.54 Å². The van der Waals surface area contributed by atoms with Gasteiger partial charge in [0.2, 0.25) is 0 Å². The molecule has 130 valence electrons. The van der Waals surface area contributed by atoms with Gasteiger partial charge in [-0.15, -0.1) is 10.2 Å². The second-order valence-corrected chi connectivity index (χ2v) is 5.66. The Kier molecular flexibility index (Phi) is 4.63. The molecule has 3 rings (SSSR count). The van der Waals surface area contributed by atoms with Crippen LogP contribution in [0.2, 0.25) is 5.02 Å². The van der Waals surface area contributed by atoms with E-state index in [1.807, 2.05) is 0 Å². The molecule has 0 saturated carbocycles. The molecule has 1 amide bonds. The van der Waals surface area contributed by atoms with Gasteiger partial charge in [-0.25, -0.2) is 0 Å². The summed E-state index contributed by atoms with van der Waals surface area (Å²) in [7, 11) is 0. The van der Waals surface area contributed by atoms with Gasteiger partial charge in [-0.3, -0.25) is 9.20 Å². The molecule has 0 radical (unpaired) electrons. The number of amides is 1. The number of nitrogens with one attached hydrogen (secondary N) is 1. The van der Waals surface area contributed by atoms with Crippen molar-refractivity contribution in [2.45, 2.75) is 12.6 Å². The van der Waals surface area contributed by atoms with Gasteiger partial charge in [0.05, 0.1) is 10.6 Å². The van der Waals surface area contributed by atoms with Crippen molar-refractivity contribution in [3.63, 3.8) is 0 Å². The zero-order chi connectivity index (χ0) is 18.0. The third-order valence-corrected chi connectivity index (χ3v) is 3.81. The third-order valence-electron chi connectivity index (χ3n) is 3.53. The molecule has 0 saturated heterocycles. The Morgan fingerprint density at radius 3 is 2.60 bits per heavy atom. The number of nitrogens with zero attached hydrogens (tertiary/aromatic N) is 3. The first-order chi connectivity index (χ1) is 11.9. The molecule has 2 aromatic heterocycles. The molecule has 0 unspecified atom stereocenters. The molecule has 0 bridgehead atoms. The zero-order valence-corrected chi connectivity index (χ0v) is 13.5. The first kappa shape index (κ1) is 17.2. The fourth-order valence-corrected chi connectivity index (χ4v) is 2.55. The molecule has 1 aromatic carbocycles. The quantitative estimate of drug-likeness (QED) is 0.768. The lowest BCUT2D eigenvalue weighted by molar-refractivity contribution is -0.137. The molecular weight excluding hydrogens is 357 g/mol. The highest BCUT2D eigenvalue weighted by Gasteiger charge is 2.32. The Balaban J connectivity index is 1.76. The lowest BCUT2D eigenvalue weighted by Crippen LogP contribution is -2.26. The average molecular weight is 369 g/mol. The minimum absolute atomic E-state index is 0.137. The van der Waals surface area contributed by atoms with Gasteiger partial charge in [0.1, 0.15) is 5.82 Å². The lowest BCUT2D eigenvalue weighted by Gasteiger charge is -2.09. The summed E-state index contributed by atoms with van der Waals surface area (Å²) in [6.45, 7) is 0.197. The molecular formula is C16H12ClF3N4O. The number of hydrogen-bond acceptors (Lipinski definition) is 3. The van der Waals surface area contributed by atoms with E-state index in [4.69, 9.17) is 11.6 Å². The Bertz CT molecular complexity index is 909. The molecule has 0 aliphatic rings. The first-order valence-corrected chi connectivity index (χ1v) is 7.67. The highest BCUT2D eigenvalue weighted by molar-refractivity contribution is 6.33. The summed E-state index contributed by atoms with van der Waals surface area (Å²) < 4.78 is 39.9. The van der Waals surface area contributed by atoms with Crippen LogP contribution in [-0.2, 0) is 12.6 Å². The van der Waals surface area contributed by atoms with Crippen LogP contribution in [0.1, 0.15) is 21.7 Å². The van der Waals surface area contributed by atoms with Crippen LogP contribution in [0.4, 0.5) is 13.2 Å². The molecule has 0 aliphatic carbocycles. The fourth-order valence-electron chi connectivity index (χ4n) is 2.30. The predicted octanol–water partition coefficient (Wildman–Crippen LogP) is 3.37. The van der Waals surface area contributed by atoms with Gasteiger partial charge < -0.3 is 5.32 Å². The van der Waals surface area contributed by atoms with E-state index >= 15 is 0 Å². The number of benzene rings is 1. The van der Waals surface area contributed by atoms with Gasteiger partial charge >= 0.3 is 6.18 Å². The number of pyridine rings is 1. The summed E-state index contributed by atoms with van der Waals surface area (Å²) in [6.07, 6.45) is -3.42. The Labute approximate surface area is 145 Å². The third kappa shape index (κ3) is 3.74. The number of alkyl halides is 3. The minimum Gasteiger partial charge on any atom is -0.352 e. The van der Waals surface area contributed by atoms with Crippen molar-refractivity contribution in [1.29, 1.82) is 0 Å². The van der Waals surface area contributed by atoms with Crippen molar-refractivity contribution >= 4 is 23.2 Å². The Morgan fingerprint density at radius 2 is 1.92 bits per heavy atom. The lowest BCUT2D eigenvalue weighted by atomic mass is 10.2. The van der Waals surface area contributed by atoms with Crippen molar-refractivity contribution in [3.05, 3.63) is 64.6 Å². The predicted molar refractivity (Wildman–Crippen MR) is 85.5 cm³/mol. The van der Waals surface area contributed by atoms with Crippen LogP contribution < -0.4 is 5.32 Å². The monoisotopic (exact) mass is 368 g/mol. The highest BCUT2D eigenvalue weighted by Crippen LogP contribution is 2.32. The molecule has 0 atom stereocenters. The minimum atomic E-state index is -4.53. The normalized spacial score (nSPS) is 11.7. The Morgan fingerprint density at radius 1 is 1.20 bits per heavy atom. The van der Waals surface area contributed by atoms with Gasteiger partial charge in [0.25, 0.3) is 5.91 Å². The maximum Gasteiger partial charge on any atom is 0.417 e. The highest BCUT2D eigenvalue weighted by atomic mass is 35.5. The molecule has 0 aliphatic heterocycles. The van der Waals surface area contributed by atoms with E-state index in [-0.39, 0.29) is 35.4 Å². The number of fused-ring (bicyclic) bond motifs is 1. The molecule has 1 N–H and O–H groups in total. The van der Waals surface area contributed by atoms with E-state index in [0.717, 1.165) is 12.3 Å². The van der Waals surface area contributed by atoms with Crippen LogP contribution in [0, 0.1) is 0 Å². The van der Waals surface area contributed by atoms with E-state index in [1.54, 1.807) is 30.3 Å². The summed E-state index contributed by atoms with van der Waals surface area (Å²) in [5.41, 5.74) is -0.255. The zero-order valence-electron chi connectivity index (χ0n) is 12.7. The van der Waals surface area contributed by atoms with Crippen molar-refractivity contribution < 1.29 is 18.0 Å². The van der Waals surface area contributed by atoms with Crippen molar-refractivity contribution in [1.82, 2.24) is 19.9 Å². The second-order valence-electron chi connectivity index (χ2n) is 5.26. The summed E-state index contributed by atoms with van der Waals surface area (Å²) in [5.74, 6) is -0.000189. The fraction of sp³-hybridized carbons (Fsp3) is 0.188. The smallest absolute Gasteiger partial charge is 0.352 e. The van der Waals surface area contributed by atoms with Crippen LogP contribution in [-0.4, -0.2) is 27.0 Å². The van der Waals surface area contributed by atoms with Crippen LogP contribution in [0.25, 0.3) is 5.65 Å². The number of hydrogen-bond donors (Lipinski definition) is 1. The molecule has 2 heterocycles. The summed E-state index contributed by atoms with van der Waals surface area (Å²) >= 11 is 5.85. The first-order valence-electron chi connectivity index (χ1n) is 7.30. The van der Waals surface area contributed by atoms with Gasteiger partial charge in [-0.2, -0.15) is 13.2 Å². The maximum absolute atomic E-state index is 12.9. The molecule has 9 heteroatoms. The van der Waals surface area contributed by atoms with Crippen LogP contribution >= 0.6 is 11.6 Å². The van der Waals surface area contributed by atoms with Crippen molar-refractivity contribution in [3.8, 4) is 0 Å². The van der Waals surface area contributed by atoms with Crippen LogP contribution in [0.15, 0.2) is 42.6 Å². The number of carbonyl (C=O) groups excluding carboxylic acids is 1. The Hall–Kier alpha value is -2.61. The molecule has 3 aromatic rings. The topological polar surface area (TPSA) is 59.3 Å². The summed E-state index contributed by atoms with van der Waals surface area (Å²) in [5, 5.41) is 10.2. The van der Waals surface area contributed by atoms with Gasteiger partial charge in [-0.05, 0) is 18.2 Å². The van der Waals surface area contributed by atoms with E-state index in [9.17, 15) is 18.0 Å². The average Bonchev–Trinajstić information content (AvgIpc) is 2.98. The summed E-state index contributed by atoms with van der Waals surface area (Å²) in [4.78, 5) is 12.0. The largest absolute Gasteiger partial charge is 0.417 e. The van der Waals surface area contributed by atoms with E-state index < -0.39 is 11.7 Å². The molecule has 25 heavy (non-hydrogen) atoms. The molecule has 0 fully saturated rings. The SMILES string of the molecule is O=C(NCCc1nnc2c(Cl)cc(C(F)(F)F)cn12)c1ccccc1. The van der Waals surface area contributed by atoms with Crippen LogP contribution in [0.5, 0.6) is 0 Å². The van der Waals surface area contributed by atoms with Gasteiger partial charge in [0.15, 0.2) is 5.65 Å². The summed E-state index contributed by atoms with van der Waals surface area (Å²) in [6, 6.07) is 9.41. The van der Waals surface area contributed by atoms with E-state index in [2.05, 4.69) is 15.5 Å². The van der Waals surface area contributed by atoms with Crippen LogP contribution in [0.3, 0.4) is 0 Å².